The number of aryl methyl sites for hydroxylation is 1. The van der Waals surface area contributed by atoms with Gasteiger partial charge in [-0.15, -0.1) is 0 Å². The second-order valence-electron chi connectivity index (χ2n) is 9.54. The van der Waals surface area contributed by atoms with Crippen LogP contribution in [0.4, 0.5) is 0 Å². The molecule has 2 N–H and O–H groups in total. The molecule has 8 heteroatoms. The monoisotopic (exact) mass is 451 g/mol. The highest BCUT2D eigenvalue weighted by atomic mass is 32.2. The van der Waals surface area contributed by atoms with E-state index in [4.69, 9.17) is 18.8 Å². The van der Waals surface area contributed by atoms with Crippen molar-refractivity contribution in [2.45, 2.75) is 77.2 Å². The molecule has 5 atom stereocenters. The summed E-state index contributed by atoms with van der Waals surface area (Å²) < 4.78 is 39.6. The number of hydrogen-bond acceptors (Lipinski definition) is 6. The van der Waals surface area contributed by atoms with E-state index in [0.29, 0.717) is 35.7 Å². The lowest BCUT2D eigenvalue weighted by Gasteiger charge is -2.50. The number of carbonyl (C=O) groups is 1. The Morgan fingerprint density at radius 3 is 2.65 bits per heavy atom. The molecule has 0 amide bonds. The van der Waals surface area contributed by atoms with Gasteiger partial charge in [-0.05, 0) is 91.4 Å². The molecule has 1 aromatic rings. The van der Waals surface area contributed by atoms with Crippen LogP contribution in [0.1, 0.15) is 75.8 Å². The molecule has 0 aromatic heterocycles. The fraction of sp³-hybridized carbons (Fsp3) is 0.696. The Bertz CT molecular complexity index is 961. The van der Waals surface area contributed by atoms with Crippen molar-refractivity contribution in [3.8, 4) is 11.5 Å². The summed E-state index contributed by atoms with van der Waals surface area (Å²) in [6, 6.07) is 4.03. The highest BCUT2D eigenvalue weighted by molar-refractivity contribution is 7.84. The number of fused-ring (bicyclic) bond motifs is 5. The molecule has 1 aromatic carbocycles. The molecule has 7 nitrogen and oxygen atoms in total. The zero-order valence-electron chi connectivity index (χ0n) is 18.6. The summed E-state index contributed by atoms with van der Waals surface area (Å²) in [5.41, 5.74) is 2.33. The first-order valence-electron chi connectivity index (χ1n) is 11.3. The van der Waals surface area contributed by atoms with Crippen LogP contribution in [-0.4, -0.2) is 27.6 Å². The van der Waals surface area contributed by atoms with Gasteiger partial charge in [0.1, 0.15) is 0 Å². The third-order valence-corrected chi connectivity index (χ3v) is 8.35. The van der Waals surface area contributed by atoms with E-state index in [1.54, 1.807) is 7.11 Å². The van der Waals surface area contributed by atoms with Crippen LogP contribution in [0.3, 0.4) is 0 Å². The van der Waals surface area contributed by atoms with E-state index < -0.39 is 10.3 Å². The van der Waals surface area contributed by atoms with E-state index in [2.05, 4.69) is 13.0 Å². The normalized spacial score (nSPS) is 32.0. The van der Waals surface area contributed by atoms with Gasteiger partial charge in [-0.25, -0.2) is 5.14 Å². The number of ether oxygens (including phenoxy) is 2. The van der Waals surface area contributed by atoms with Crippen LogP contribution in [0.5, 0.6) is 11.5 Å². The molecule has 172 valence electrons. The molecular formula is C23H33NO6S. The topological polar surface area (TPSA) is 105 Å². The molecule has 0 aliphatic heterocycles. The zero-order chi connectivity index (χ0) is 22.4. The molecule has 31 heavy (non-hydrogen) atoms. The molecular weight excluding hydrogens is 418 g/mol. The summed E-state index contributed by atoms with van der Waals surface area (Å²) in [6.07, 6.45) is 6.27. The summed E-state index contributed by atoms with van der Waals surface area (Å²) in [5, 5.41) is 5.19. The van der Waals surface area contributed by atoms with E-state index in [9.17, 15) is 13.2 Å². The highest BCUT2D eigenvalue weighted by Crippen LogP contribution is 2.62. The van der Waals surface area contributed by atoms with E-state index in [-0.39, 0.29) is 17.5 Å². The minimum Gasteiger partial charge on any atom is -0.493 e. The Labute approximate surface area is 184 Å². The largest absolute Gasteiger partial charge is 0.493 e. The molecule has 4 rings (SSSR count). The molecule has 3 aliphatic carbocycles. The maximum atomic E-state index is 12.0. The van der Waals surface area contributed by atoms with Crippen molar-refractivity contribution in [3.63, 3.8) is 0 Å². The fourth-order valence-corrected chi connectivity index (χ4v) is 7.11. The van der Waals surface area contributed by atoms with Crippen molar-refractivity contribution in [2.24, 2.45) is 22.4 Å². The minimum absolute atomic E-state index is 0.176. The number of methoxy groups -OCH3 is 1. The van der Waals surface area contributed by atoms with Crippen LogP contribution in [0.25, 0.3) is 0 Å². The van der Waals surface area contributed by atoms with E-state index in [0.717, 1.165) is 44.9 Å². The summed E-state index contributed by atoms with van der Waals surface area (Å²) in [7, 11) is -2.36. The number of esters is 1. The van der Waals surface area contributed by atoms with E-state index in [1.807, 2.05) is 13.0 Å². The van der Waals surface area contributed by atoms with Crippen LogP contribution >= 0.6 is 0 Å². The molecule has 0 heterocycles. The summed E-state index contributed by atoms with van der Waals surface area (Å²) in [4.78, 5) is 12.0. The third-order valence-electron chi connectivity index (χ3n) is 7.85. The third kappa shape index (κ3) is 4.22. The van der Waals surface area contributed by atoms with E-state index in [1.165, 1.54) is 11.1 Å². The quantitative estimate of drug-likeness (QED) is 0.520. The van der Waals surface area contributed by atoms with Crippen LogP contribution in [0.15, 0.2) is 12.1 Å². The van der Waals surface area contributed by atoms with Gasteiger partial charge in [0.15, 0.2) is 11.5 Å². The van der Waals surface area contributed by atoms with Crippen molar-refractivity contribution in [1.82, 2.24) is 0 Å². The standard InChI is InChI=1S/C23H33NO6S/c1-4-5-22(25)29-20-12-14-6-7-16-15(17(14)13-19(20)28-3)10-11-23(2)18(16)8-9-21(23)30-31(24,26)27/h12-13,15-16,18,21H,4-11H2,1-3H3,(H2,24,26,27)/t15?,16?,18?,21-,23-/m0/s1. The first-order chi connectivity index (χ1) is 14.7. The Morgan fingerprint density at radius 2 is 1.97 bits per heavy atom. The first kappa shape index (κ1) is 22.6. The second-order valence-corrected chi connectivity index (χ2v) is 10.7. The van der Waals surface area contributed by atoms with E-state index >= 15 is 0 Å². The Hall–Kier alpha value is -1.64. The van der Waals surface area contributed by atoms with Gasteiger partial charge in [0.2, 0.25) is 0 Å². The van der Waals surface area contributed by atoms with Crippen LogP contribution in [-0.2, 0) is 25.7 Å². The number of nitrogens with two attached hydrogens (primary N) is 1. The lowest BCUT2D eigenvalue weighted by molar-refractivity contribution is -0.134. The Kier molecular flexibility index (Phi) is 6.09. The smallest absolute Gasteiger partial charge is 0.333 e. The molecule has 2 saturated carbocycles. The van der Waals surface area contributed by atoms with Gasteiger partial charge in [-0.2, -0.15) is 8.42 Å². The van der Waals surface area contributed by atoms with Crippen LogP contribution in [0.2, 0.25) is 0 Å². The molecule has 2 fully saturated rings. The SMILES string of the molecule is CCCC(=O)Oc1cc2c(cc1OC)C1CC[C@@]3(C)C(CC[C@@H]3OS(N)(=O)=O)C1CC2. The van der Waals surface area contributed by atoms with Gasteiger partial charge in [0.05, 0.1) is 13.2 Å². The number of rotatable bonds is 6. The number of hydrogen-bond donors (Lipinski definition) is 1. The predicted octanol–water partition coefficient (Wildman–Crippen LogP) is 3.85. The molecule has 0 bridgehead atoms. The van der Waals surface area contributed by atoms with Gasteiger partial charge in [0.25, 0.3) is 0 Å². The molecule has 0 spiro atoms. The van der Waals surface area contributed by atoms with Gasteiger partial charge >= 0.3 is 16.3 Å². The average molecular weight is 452 g/mol. The van der Waals surface area contributed by atoms with Gasteiger partial charge < -0.3 is 9.47 Å². The summed E-state index contributed by atoms with van der Waals surface area (Å²) in [5.74, 6) is 2.12. The Balaban J connectivity index is 1.60. The summed E-state index contributed by atoms with van der Waals surface area (Å²) >= 11 is 0. The molecule has 3 unspecified atom stereocenters. The maximum Gasteiger partial charge on any atom is 0.333 e. The fourth-order valence-electron chi connectivity index (χ4n) is 6.47. The maximum absolute atomic E-state index is 12.0. The number of carbonyl (C=O) groups excluding carboxylic acids is 1. The van der Waals surface area contributed by atoms with Gasteiger partial charge in [-0.1, -0.05) is 13.8 Å². The average Bonchev–Trinajstić information content (AvgIpc) is 3.02. The minimum atomic E-state index is -3.96. The van der Waals surface area contributed by atoms with Crippen LogP contribution < -0.4 is 14.6 Å². The molecule has 0 radical (unpaired) electrons. The lowest BCUT2D eigenvalue weighted by atomic mass is 9.55. The second kappa shape index (κ2) is 8.37. The van der Waals surface area contributed by atoms with Crippen molar-refractivity contribution < 1.29 is 26.9 Å². The predicted molar refractivity (Wildman–Crippen MR) is 116 cm³/mol. The van der Waals surface area contributed by atoms with Gasteiger partial charge in [-0.3, -0.25) is 8.98 Å². The summed E-state index contributed by atoms with van der Waals surface area (Å²) in [6.45, 7) is 4.12. The van der Waals surface area contributed by atoms with Crippen molar-refractivity contribution in [1.29, 1.82) is 0 Å². The lowest BCUT2D eigenvalue weighted by Crippen LogP contribution is -2.45. The van der Waals surface area contributed by atoms with Crippen molar-refractivity contribution in [3.05, 3.63) is 23.3 Å². The van der Waals surface area contributed by atoms with Gasteiger partial charge in [0, 0.05) is 6.42 Å². The Morgan fingerprint density at radius 1 is 1.19 bits per heavy atom. The number of benzene rings is 1. The van der Waals surface area contributed by atoms with Crippen molar-refractivity contribution in [2.75, 3.05) is 7.11 Å². The molecule has 3 aliphatic rings. The zero-order valence-corrected chi connectivity index (χ0v) is 19.4. The first-order valence-corrected chi connectivity index (χ1v) is 12.8. The molecule has 0 saturated heterocycles. The van der Waals surface area contributed by atoms with Crippen molar-refractivity contribution >= 4 is 16.3 Å². The van der Waals surface area contributed by atoms with Crippen LogP contribution in [0, 0.1) is 17.3 Å². The highest BCUT2D eigenvalue weighted by Gasteiger charge is 2.56.